The molecule has 1 aromatic carbocycles. The summed E-state index contributed by atoms with van der Waals surface area (Å²) in [7, 11) is 0. The van der Waals surface area contributed by atoms with Gasteiger partial charge in [0.2, 0.25) is 0 Å². The Kier molecular flexibility index (Phi) is 2.37. The number of hydrogen-bond acceptors (Lipinski definition) is 2. The molecule has 0 fully saturated rings. The van der Waals surface area contributed by atoms with E-state index in [0.717, 1.165) is 11.1 Å². The first-order valence-corrected chi connectivity index (χ1v) is 4.84. The lowest BCUT2D eigenvalue weighted by Crippen LogP contribution is -2.04. The molecular formula is C12H11NO2. The van der Waals surface area contributed by atoms with E-state index in [9.17, 15) is 4.79 Å². The van der Waals surface area contributed by atoms with Crippen molar-refractivity contribution in [3.63, 3.8) is 0 Å². The van der Waals surface area contributed by atoms with Crippen LogP contribution in [0.2, 0.25) is 0 Å². The summed E-state index contributed by atoms with van der Waals surface area (Å²) >= 11 is 0. The van der Waals surface area contributed by atoms with Crippen molar-refractivity contribution >= 4 is 16.9 Å². The van der Waals surface area contributed by atoms with Gasteiger partial charge in [0.25, 0.3) is 0 Å². The van der Waals surface area contributed by atoms with Gasteiger partial charge < -0.3 is 5.11 Å². The Balaban J connectivity index is 2.85. The molecule has 1 aromatic heterocycles. The summed E-state index contributed by atoms with van der Waals surface area (Å²) in [6.07, 6.45) is 2.32. The lowest BCUT2D eigenvalue weighted by Gasteiger charge is -2.06. The molecule has 3 nitrogen and oxygen atoms in total. The van der Waals surface area contributed by atoms with E-state index in [1.807, 2.05) is 25.1 Å². The van der Waals surface area contributed by atoms with Crippen molar-refractivity contribution < 1.29 is 9.90 Å². The quantitative estimate of drug-likeness (QED) is 0.812. The summed E-state index contributed by atoms with van der Waals surface area (Å²) in [5.74, 6) is -0.884. The average Bonchev–Trinajstić information content (AvgIpc) is 2.27. The molecule has 0 saturated carbocycles. The molecule has 0 bridgehead atoms. The summed E-state index contributed by atoms with van der Waals surface area (Å²) in [4.78, 5) is 15.4. The predicted molar refractivity (Wildman–Crippen MR) is 58.1 cm³/mol. The van der Waals surface area contributed by atoms with Gasteiger partial charge >= 0.3 is 5.97 Å². The highest BCUT2D eigenvalue weighted by atomic mass is 16.4. The number of aromatic nitrogens is 1. The number of fused-ring (bicyclic) bond motifs is 1. The van der Waals surface area contributed by atoms with Gasteiger partial charge in [0, 0.05) is 11.6 Å². The Morgan fingerprint density at radius 1 is 1.40 bits per heavy atom. The fourth-order valence-electron chi connectivity index (χ4n) is 1.70. The summed E-state index contributed by atoms with van der Waals surface area (Å²) in [5, 5.41) is 9.88. The number of benzene rings is 1. The van der Waals surface area contributed by atoms with Gasteiger partial charge in [0.1, 0.15) is 0 Å². The van der Waals surface area contributed by atoms with E-state index in [4.69, 9.17) is 5.11 Å². The smallest absolute Gasteiger partial charge is 0.336 e. The molecule has 0 aliphatic heterocycles. The van der Waals surface area contributed by atoms with Crippen LogP contribution in [0.25, 0.3) is 10.9 Å². The highest BCUT2D eigenvalue weighted by Gasteiger charge is 2.13. The molecule has 0 saturated heterocycles. The molecule has 0 unspecified atom stereocenters. The van der Waals surface area contributed by atoms with Gasteiger partial charge in [-0.3, -0.25) is 4.98 Å². The van der Waals surface area contributed by atoms with Crippen LogP contribution in [0.15, 0.2) is 30.5 Å². The van der Waals surface area contributed by atoms with E-state index >= 15 is 0 Å². The number of pyridine rings is 1. The molecule has 1 N–H and O–H groups in total. The van der Waals surface area contributed by atoms with E-state index in [2.05, 4.69) is 4.98 Å². The number of hydrogen-bond donors (Lipinski definition) is 1. The minimum absolute atomic E-state index is 0.378. The van der Waals surface area contributed by atoms with E-state index in [1.165, 1.54) is 0 Å². The summed E-state index contributed by atoms with van der Waals surface area (Å²) in [6, 6.07) is 7.30. The number of carboxylic acid groups (broad SMARTS) is 1. The molecule has 0 atom stereocenters. The Morgan fingerprint density at radius 2 is 2.13 bits per heavy atom. The van der Waals surface area contributed by atoms with Crippen LogP contribution < -0.4 is 0 Å². The third kappa shape index (κ3) is 1.56. The van der Waals surface area contributed by atoms with Crippen LogP contribution in [-0.4, -0.2) is 16.1 Å². The zero-order valence-electron chi connectivity index (χ0n) is 8.40. The highest BCUT2D eigenvalue weighted by molar-refractivity contribution is 6.03. The minimum atomic E-state index is -0.884. The first-order valence-electron chi connectivity index (χ1n) is 4.84. The third-order valence-electron chi connectivity index (χ3n) is 2.45. The van der Waals surface area contributed by atoms with Crippen molar-refractivity contribution in [3.05, 3.63) is 41.6 Å². The van der Waals surface area contributed by atoms with Crippen molar-refractivity contribution in [1.82, 2.24) is 4.98 Å². The van der Waals surface area contributed by atoms with Crippen molar-refractivity contribution in [2.75, 3.05) is 0 Å². The highest BCUT2D eigenvalue weighted by Crippen LogP contribution is 2.20. The molecule has 15 heavy (non-hydrogen) atoms. The van der Waals surface area contributed by atoms with Crippen LogP contribution in [0.5, 0.6) is 0 Å². The van der Waals surface area contributed by atoms with E-state index in [-0.39, 0.29) is 0 Å². The van der Waals surface area contributed by atoms with E-state index in [1.54, 1.807) is 12.3 Å². The van der Waals surface area contributed by atoms with E-state index < -0.39 is 5.97 Å². The Morgan fingerprint density at radius 3 is 2.80 bits per heavy atom. The van der Waals surface area contributed by atoms with Crippen LogP contribution in [0.1, 0.15) is 22.8 Å². The number of para-hydroxylation sites is 1. The van der Waals surface area contributed by atoms with Crippen LogP contribution in [-0.2, 0) is 6.42 Å². The van der Waals surface area contributed by atoms with Crippen LogP contribution in [0.4, 0.5) is 0 Å². The normalized spacial score (nSPS) is 10.5. The zero-order valence-corrected chi connectivity index (χ0v) is 8.40. The fourth-order valence-corrected chi connectivity index (χ4v) is 1.70. The largest absolute Gasteiger partial charge is 0.478 e. The second kappa shape index (κ2) is 3.69. The number of rotatable bonds is 2. The van der Waals surface area contributed by atoms with Gasteiger partial charge in [-0.05, 0) is 18.1 Å². The molecule has 76 valence electrons. The van der Waals surface area contributed by atoms with Crippen LogP contribution in [0.3, 0.4) is 0 Å². The van der Waals surface area contributed by atoms with Crippen LogP contribution in [0, 0.1) is 0 Å². The van der Waals surface area contributed by atoms with Crippen molar-refractivity contribution in [2.45, 2.75) is 13.3 Å². The number of carbonyl (C=O) groups is 1. The van der Waals surface area contributed by atoms with Crippen molar-refractivity contribution in [2.24, 2.45) is 0 Å². The second-order valence-corrected chi connectivity index (χ2v) is 3.33. The first kappa shape index (κ1) is 9.65. The monoisotopic (exact) mass is 201 g/mol. The summed E-state index contributed by atoms with van der Waals surface area (Å²) in [6.45, 7) is 1.93. The first-order chi connectivity index (χ1) is 7.24. The average molecular weight is 201 g/mol. The maximum absolute atomic E-state index is 11.2. The van der Waals surface area contributed by atoms with Gasteiger partial charge in [-0.2, -0.15) is 0 Å². The van der Waals surface area contributed by atoms with Crippen molar-refractivity contribution in [1.29, 1.82) is 0 Å². The molecule has 2 aromatic rings. The Labute approximate surface area is 87.4 Å². The molecule has 0 amide bonds. The Hall–Kier alpha value is -1.90. The molecule has 0 aliphatic carbocycles. The van der Waals surface area contributed by atoms with E-state index in [0.29, 0.717) is 17.4 Å². The lowest BCUT2D eigenvalue weighted by molar-refractivity contribution is 0.0698. The summed E-state index contributed by atoms with van der Waals surface area (Å²) < 4.78 is 0. The number of aryl methyl sites for hydroxylation is 1. The maximum atomic E-state index is 11.2. The van der Waals surface area contributed by atoms with Gasteiger partial charge in [-0.25, -0.2) is 4.79 Å². The number of nitrogens with zero attached hydrogens (tertiary/aromatic N) is 1. The van der Waals surface area contributed by atoms with Gasteiger partial charge in [-0.15, -0.1) is 0 Å². The minimum Gasteiger partial charge on any atom is -0.478 e. The summed E-state index contributed by atoms with van der Waals surface area (Å²) in [5.41, 5.74) is 1.89. The number of aromatic carboxylic acids is 1. The van der Waals surface area contributed by atoms with Crippen molar-refractivity contribution in [3.8, 4) is 0 Å². The third-order valence-corrected chi connectivity index (χ3v) is 2.45. The lowest BCUT2D eigenvalue weighted by atomic mass is 10.0. The topological polar surface area (TPSA) is 50.2 Å². The molecule has 3 heteroatoms. The molecule has 2 rings (SSSR count). The van der Waals surface area contributed by atoms with Gasteiger partial charge in [0.05, 0.1) is 11.1 Å². The SMILES string of the molecule is CCc1cnc2ccccc2c1C(=O)O. The number of carboxylic acids is 1. The Bertz CT molecular complexity index is 520. The zero-order chi connectivity index (χ0) is 10.8. The molecule has 0 aliphatic rings. The predicted octanol–water partition coefficient (Wildman–Crippen LogP) is 2.50. The molecule has 0 radical (unpaired) electrons. The molecular weight excluding hydrogens is 190 g/mol. The fraction of sp³-hybridized carbons (Fsp3) is 0.167. The van der Waals surface area contributed by atoms with Gasteiger partial charge in [-0.1, -0.05) is 25.1 Å². The standard InChI is InChI=1S/C12H11NO2/c1-2-8-7-13-10-6-4-3-5-9(10)11(8)12(14)15/h3-7H,2H2,1H3,(H,14,15). The molecule has 1 heterocycles. The van der Waals surface area contributed by atoms with Crippen LogP contribution >= 0.6 is 0 Å². The van der Waals surface area contributed by atoms with Gasteiger partial charge in [0.15, 0.2) is 0 Å². The second-order valence-electron chi connectivity index (χ2n) is 3.33. The molecule has 0 spiro atoms. The maximum Gasteiger partial charge on any atom is 0.336 e.